The number of halogens is 3. The van der Waals surface area contributed by atoms with Gasteiger partial charge in [0.2, 0.25) is 5.88 Å². The Kier molecular flexibility index (Phi) is 3.98. The number of amides is 2. The third-order valence-corrected chi connectivity index (χ3v) is 2.54. The fourth-order valence-corrected chi connectivity index (χ4v) is 1.70. The lowest BCUT2D eigenvalue weighted by molar-refractivity contribution is -0.141. The van der Waals surface area contributed by atoms with Crippen molar-refractivity contribution in [2.75, 3.05) is 18.5 Å². The summed E-state index contributed by atoms with van der Waals surface area (Å²) in [6.07, 6.45) is -4.44. The van der Waals surface area contributed by atoms with E-state index in [9.17, 15) is 18.0 Å². The van der Waals surface area contributed by atoms with E-state index in [1.165, 1.54) is 6.07 Å². The normalized spacial score (nSPS) is 18.9. The van der Waals surface area contributed by atoms with Crippen LogP contribution in [0.2, 0.25) is 0 Å². The van der Waals surface area contributed by atoms with Crippen LogP contribution in [0.25, 0.3) is 0 Å². The van der Waals surface area contributed by atoms with Gasteiger partial charge in [0.25, 0.3) is 0 Å². The summed E-state index contributed by atoms with van der Waals surface area (Å²) in [7, 11) is 0. The zero-order valence-electron chi connectivity index (χ0n) is 10.2. The molecule has 1 saturated heterocycles. The highest BCUT2D eigenvalue weighted by molar-refractivity contribution is 5.87. The molecule has 1 fully saturated rings. The van der Waals surface area contributed by atoms with E-state index >= 15 is 0 Å². The van der Waals surface area contributed by atoms with Crippen LogP contribution in [0.4, 0.5) is 23.7 Å². The second kappa shape index (κ2) is 5.53. The van der Waals surface area contributed by atoms with Crippen molar-refractivity contribution >= 4 is 11.7 Å². The molecule has 1 unspecified atom stereocenters. The van der Waals surface area contributed by atoms with Crippen molar-refractivity contribution < 1.29 is 27.4 Å². The van der Waals surface area contributed by atoms with Crippen LogP contribution in [0.1, 0.15) is 12.1 Å². The van der Waals surface area contributed by atoms with Crippen LogP contribution in [0.15, 0.2) is 12.1 Å². The number of aromatic nitrogens is 1. The average Bonchev–Trinajstić information content (AvgIpc) is 2.79. The summed E-state index contributed by atoms with van der Waals surface area (Å²) in [6.45, 7) is 0.770. The van der Waals surface area contributed by atoms with Gasteiger partial charge in [-0.1, -0.05) is 0 Å². The molecule has 110 valence electrons. The molecule has 0 aliphatic carbocycles. The number of alkyl halides is 3. The molecule has 1 atom stereocenters. The summed E-state index contributed by atoms with van der Waals surface area (Å²) in [6, 6.07) is 0.889. The first-order valence-electron chi connectivity index (χ1n) is 5.75. The number of pyridine rings is 1. The number of anilines is 1. The standard InChI is InChI=1S/C11H12F3N3O3/c12-11(13,14)8-3-6(16-10(15)18)4-9(17-8)20-7-1-2-19-5-7/h3-4,7H,1-2,5H2,(H3,15,16,17,18). The van der Waals surface area contributed by atoms with Crippen LogP contribution in [-0.4, -0.2) is 30.3 Å². The molecule has 0 radical (unpaired) electrons. The molecule has 0 bridgehead atoms. The van der Waals surface area contributed by atoms with E-state index in [2.05, 4.69) is 10.3 Å². The zero-order chi connectivity index (χ0) is 14.8. The van der Waals surface area contributed by atoms with Crippen molar-refractivity contribution in [3.05, 3.63) is 17.8 Å². The van der Waals surface area contributed by atoms with Gasteiger partial charge < -0.3 is 20.5 Å². The van der Waals surface area contributed by atoms with Gasteiger partial charge in [-0.2, -0.15) is 13.2 Å². The summed E-state index contributed by atoms with van der Waals surface area (Å²) < 4.78 is 48.5. The molecule has 2 rings (SSSR count). The molecule has 3 N–H and O–H groups in total. The number of nitrogens with zero attached hydrogens (tertiary/aromatic N) is 1. The van der Waals surface area contributed by atoms with Gasteiger partial charge in [0, 0.05) is 18.2 Å². The summed E-state index contributed by atoms with van der Waals surface area (Å²) in [5, 5.41) is 2.07. The third-order valence-electron chi connectivity index (χ3n) is 2.54. The number of rotatable bonds is 3. The number of ether oxygens (including phenoxy) is 2. The van der Waals surface area contributed by atoms with Crippen molar-refractivity contribution in [3.63, 3.8) is 0 Å². The van der Waals surface area contributed by atoms with Crippen molar-refractivity contribution in [1.82, 2.24) is 4.98 Å². The molecule has 20 heavy (non-hydrogen) atoms. The summed E-state index contributed by atoms with van der Waals surface area (Å²) >= 11 is 0. The van der Waals surface area contributed by atoms with Crippen LogP contribution in [0.5, 0.6) is 5.88 Å². The Morgan fingerprint density at radius 1 is 1.50 bits per heavy atom. The van der Waals surface area contributed by atoms with Gasteiger partial charge in [-0.25, -0.2) is 9.78 Å². The number of urea groups is 1. The Hall–Kier alpha value is -2.03. The smallest absolute Gasteiger partial charge is 0.433 e. The van der Waals surface area contributed by atoms with E-state index in [0.717, 1.165) is 0 Å². The number of primary amides is 1. The average molecular weight is 291 g/mol. The maximum absolute atomic E-state index is 12.7. The first-order chi connectivity index (χ1) is 9.34. The minimum atomic E-state index is -4.65. The van der Waals surface area contributed by atoms with E-state index in [1.807, 2.05) is 0 Å². The van der Waals surface area contributed by atoms with Crippen LogP contribution in [0.3, 0.4) is 0 Å². The number of carbonyl (C=O) groups excluding carboxylic acids is 1. The van der Waals surface area contributed by atoms with Gasteiger partial charge >= 0.3 is 12.2 Å². The first-order valence-corrected chi connectivity index (χ1v) is 5.75. The molecule has 0 saturated carbocycles. The van der Waals surface area contributed by atoms with Gasteiger partial charge in [-0.05, 0) is 6.07 Å². The lowest BCUT2D eigenvalue weighted by Crippen LogP contribution is -2.21. The second-order valence-electron chi connectivity index (χ2n) is 4.17. The fraction of sp³-hybridized carbons (Fsp3) is 0.455. The topological polar surface area (TPSA) is 86.5 Å². The predicted molar refractivity (Wildman–Crippen MR) is 62.3 cm³/mol. The maximum Gasteiger partial charge on any atom is 0.433 e. The molecule has 0 aromatic carbocycles. The van der Waals surface area contributed by atoms with E-state index < -0.39 is 17.9 Å². The molecule has 1 aromatic rings. The van der Waals surface area contributed by atoms with E-state index in [0.29, 0.717) is 19.1 Å². The molecular formula is C11H12F3N3O3. The Bertz CT molecular complexity index is 501. The monoisotopic (exact) mass is 291 g/mol. The van der Waals surface area contributed by atoms with Crippen molar-refractivity contribution in [3.8, 4) is 5.88 Å². The lowest BCUT2D eigenvalue weighted by Gasteiger charge is -2.14. The Morgan fingerprint density at radius 2 is 2.25 bits per heavy atom. The molecular weight excluding hydrogens is 279 g/mol. The molecule has 2 amide bonds. The minimum Gasteiger partial charge on any atom is -0.472 e. The number of nitrogens with two attached hydrogens (primary N) is 1. The molecule has 2 heterocycles. The van der Waals surface area contributed by atoms with Crippen molar-refractivity contribution in [2.24, 2.45) is 5.73 Å². The number of carbonyl (C=O) groups is 1. The highest BCUT2D eigenvalue weighted by Gasteiger charge is 2.34. The SMILES string of the molecule is NC(=O)Nc1cc(OC2CCOC2)nc(C(F)(F)F)c1. The number of hydrogen-bond acceptors (Lipinski definition) is 4. The number of hydrogen-bond donors (Lipinski definition) is 2. The molecule has 6 nitrogen and oxygen atoms in total. The van der Waals surface area contributed by atoms with Crippen molar-refractivity contribution in [2.45, 2.75) is 18.7 Å². The van der Waals surface area contributed by atoms with E-state index in [1.54, 1.807) is 0 Å². The van der Waals surface area contributed by atoms with Gasteiger partial charge in [0.15, 0.2) is 5.69 Å². The summed E-state index contributed by atoms with van der Waals surface area (Å²) in [5.41, 5.74) is 3.59. The molecule has 0 spiro atoms. The second-order valence-corrected chi connectivity index (χ2v) is 4.17. The Morgan fingerprint density at radius 3 is 2.80 bits per heavy atom. The third kappa shape index (κ3) is 3.73. The van der Waals surface area contributed by atoms with Gasteiger partial charge in [0.1, 0.15) is 6.10 Å². The lowest BCUT2D eigenvalue weighted by atomic mass is 10.3. The van der Waals surface area contributed by atoms with Crippen LogP contribution < -0.4 is 15.8 Å². The van der Waals surface area contributed by atoms with Crippen LogP contribution in [-0.2, 0) is 10.9 Å². The Labute approximate surface area is 112 Å². The Balaban J connectivity index is 2.26. The fourth-order valence-electron chi connectivity index (χ4n) is 1.70. The van der Waals surface area contributed by atoms with Crippen LogP contribution in [0, 0.1) is 0 Å². The highest BCUT2D eigenvalue weighted by atomic mass is 19.4. The number of nitrogens with one attached hydrogen (secondary N) is 1. The molecule has 1 aliphatic heterocycles. The van der Waals surface area contributed by atoms with E-state index in [4.69, 9.17) is 15.2 Å². The van der Waals surface area contributed by atoms with E-state index in [-0.39, 0.29) is 24.3 Å². The largest absolute Gasteiger partial charge is 0.472 e. The first kappa shape index (κ1) is 14.4. The predicted octanol–water partition coefficient (Wildman–Crippen LogP) is 1.76. The van der Waals surface area contributed by atoms with Gasteiger partial charge in [-0.15, -0.1) is 0 Å². The van der Waals surface area contributed by atoms with Crippen molar-refractivity contribution in [1.29, 1.82) is 0 Å². The molecule has 9 heteroatoms. The quantitative estimate of drug-likeness (QED) is 0.888. The minimum absolute atomic E-state index is 0.131. The van der Waals surface area contributed by atoms with Gasteiger partial charge in [-0.3, -0.25) is 0 Å². The molecule has 1 aromatic heterocycles. The van der Waals surface area contributed by atoms with Gasteiger partial charge in [0.05, 0.1) is 13.2 Å². The zero-order valence-corrected chi connectivity index (χ0v) is 10.2. The summed E-state index contributed by atoms with van der Waals surface area (Å²) in [5.74, 6) is -0.237. The van der Waals surface area contributed by atoms with Crippen LogP contribution >= 0.6 is 0 Å². The maximum atomic E-state index is 12.7. The highest BCUT2D eigenvalue weighted by Crippen LogP contribution is 2.32. The summed E-state index contributed by atoms with van der Waals surface area (Å²) in [4.78, 5) is 14.1. The molecule has 1 aliphatic rings.